The van der Waals surface area contributed by atoms with Gasteiger partial charge in [0.2, 0.25) is 0 Å². The summed E-state index contributed by atoms with van der Waals surface area (Å²) in [7, 11) is 0. The quantitative estimate of drug-likeness (QED) is 0.829. The molecule has 0 amide bonds. The summed E-state index contributed by atoms with van der Waals surface area (Å²) in [6.07, 6.45) is 7.78. The van der Waals surface area contributed by atoms with Crippen LogP contribution in [0.4, 0.5) is 0 Å². The molecule has 0 heterocycles. The SMILES string of the molecule is O=C(CNCc1ccccc1)C12CC3CC(CC(C3)C1)C2.[Br-]. The minimum atomic E-state index is 0. The number of nitrogens with one attached hydrogen (secondary N) is 1. The Bertz CT molecular complexity index is 492. The first kappa shape index (κ1) is 16.2. The normalized spacial score (nSPS) is 35.2. The summed E-state index contributed by atoms with van der Waals surface area (Å²) in [5, 5.41) is 3.38. The Kier molecular flexibility index (Phi) is 4.75. The molecule has 4 aliphatic rings. The lowest BCUT2D eigenvalue weighted by Crippen LogP contribution is -3.00. The number of hydrogen-bond acceptors (Lipinski definition) is 2. The number of Topliss-reactive ketones (excluding diaryl/α,β-unsaturated/α-hetero) is 1. The third-order valence-corrected chi connectivity index (χ3v) is 6.09. The molecular weight excluding hydrogens is 338 g/mol. The van der Waals surface area contributed by atoms with Gasteiger partial charge in [-0.25, -0.2) is 0 Å². The Morgan fingerprint density at radius 1 is 1.00 bits per heavy atom. The van der Waals surface area contributed by atoms with Crippen molar-refractivity contribution in [1.29, 1.82) is 0 Å². The summed E-state index contributed by atoms with van der Waals surface area (Å²) in [5.74, 6) is 3.07. The van der Waals surface area contributed by atoms with Crippen LogP contribution in [-0.2, 0) is 11.3 Å². The van der Waals surface area contributed by atoms with Crippen molar-refractivity contribution in [3.63, 3.8) is 0 Å². The minimum Gasteiger partial charge on any atom is -1.00 e. The van der Waals surface area contributed by atoms with Crippen LogP contribution in [0.15, 0.2) is 30.3 Å². The molecule has 4 bridgehead atoms. The maximum absolute atomic E-state index is 12.8. The van der Waals surface area contributed by atoms with Crippen molar-refractivity contribution >= 4 is 5.78 Å². The Balaban J connectivity index is 0.00000144. The third kappa shape index (κ3) is 3.03. The van der Waals surface area contributed by atoms with Crippen molar-refractivity contribution in [3.05, 3.63) is 35.9 Å². The summed E-state index contributed by atoms with van der Waals surface area (Å²) >= 11 is 0. The molecule has 0 spiro atoms. The number of ketones is 1. The van der Waals surface area contributed by atoms with E-state index in [4.69, 9.17) is 0 Å². The second-order valence-corrected chi connectivity index (χ2v) is 7.71. The standard InChI is InChI=1S/C19H25NO.BrH/c21-18(13-20-12-14-4-2-1-3-5-14)19-9-15-6-16(10-19)8-17(7-15)11-19;/h1-5,15-17,20H,6-13H2;1H/p-1. The van der Waals surface area contributed by atoms with E-state index in [9.17, 15) is 4.79 Å². The molecule has 0 atom stereocenters. The van der Waals surface area contributed by atoms with Gasteiger partial charge in [-0.2, -0.15) is 0 Å². The Morgan fingerprint density at radius 2 is 1.55 bits per heavy atom. The number of carbonyl (C=O) groups is 1. The zero-order valence-electron chi connectivity index (χ0n) is 13.1. The zero-order valence-corrected chi connectivity index (χ0v) is 14.6. The molecule has 22 heavy (non-hydrogen) atoms. The summed E-state index contributed by atoms with van der Waals surface area (Å²) in [6, 6.07) is 10.4. The van der Waals surface area contributed by atoms with Gasteiger partial charge in [-0.1, -0.05) is 30.3 Å². The van der Waals surface area contributed by atoms with Crippen molar-refractivity contribution < 1.29 is 21.8 Å². The molecule has 1 N–H and O–H groups in total. The highest BCUT2D eigenvalue weighted by Crippen LogP contribution is 2.60. The van der Waals surface area contributed by atoms with Gasteiger partial charge in [-0.05, 0) is 61.8 Å². The second-order valence-electron chi connectivity index (χ2n) is 7.71. The molecule has 1 aromatic rings. The lowest BCUT2D eigenvalue weighted by molar-refractivity contribution is -0.142. The molecule has 4 saturated carbocycles. The van der Waals surface area contributed by atoms with Gasteiger partial charge in [0.15, 0.2) is 5.78 Å². The van der Waals surface area contributed by atoms with Crippen LogP contribution in [0.1, 0.15) is 44.1 Å². The fourth-order valence-corrected chi connectivity index (χ4v) is 5.56. The molecule has 4 fully saturated rings. The predicted octanol–water partition coefficient (Wildman–Crippen LogP) is 0.566. The third-order valence-electron chi connectivity index (χ3n) is 6.09. The first-order valence-electron chi connectivity index (χ1n) is 8.51. The van der Waals surface area contributed by atoms with Crippen molar-refractivity contribution in [1.82, 2.24) is 5.32 Å². The van der Waals surface area contributed by atoms with Crippen LogP contribution in [0.5, 0.6) is 0 Å². The van der Waals surface area contributed by atoms with E-state index in [0.717, 1.165) is 24.3 Å². The molecule has 5 rings (SSSR count). The lowest BCUT2D eigenvalue weighted by Gasteiger charge is -2.56. The van der Waals surface area contributed by atoms with Crippen LogP contribution in [0.2, 0.25) is 0 Å². The van der Waals surface area contributed by atoms with Crippen molar-refractivity contribution in [2.24, 2.45) is 23.2 Å². The maximum atomic E-state index is 12.8. The first-order valence-corrected chi connectivity index (χ1v) is 8.51. The highest BCUT2D eigenvalue weighted by atomic mass is 79.9. The van der Waals surface area contributed by atoms with Crippen LogP contribution in [0, 0.1) is 23.2 Å². The van der Waals surface area contributed by atoms with E-state index in [0.29, 0.717) is 12.3 Å². The molecule has 1 aromatic carbocycles. The van der Waals surface area contributed by atoms with Gasteiger partial charge >= 0.3 is 0 Å². The summed E-state index contributed by atoms with van der Waals surface area (Å²) in [6.45, 7) is 1.36. The highest BCUT2D eigenvalue weighted by Gasteiger charge is 2.53. The number of carbonyl (C=O) groups excluding carboxylic acids is 1. The lowest BCUT2D eigenvalue weighted by atomic mass is 9.48. The van der Waals surface area contributed by atoms with E-state index in [1.807, 2.05) is 6.07 Å². The van der Waals surface area contributed by atoms with Gasteiger partial charge in [0, 0.05) is 12.0 Å². The molecule has 0 aliphatic heterocycles. The van der Waals surface area contributed by atoms with Gasteiger partial charge in [-0.3, -0.25) is 4.79 Å². The predicted molar refractivity (Wildman–Crippen MR) is 83.8 cm³/mol. The van der Waals surface area contributed by atoms with Gasteiger partial charge < -0.3 is 22.3 Å². The topological polar surface area (TPSA) is 29.1 Å². The number of halogens is 1. The van der Waals surface area contributed by atoms with Gasteiger partial charge in [0.25, 0.3) is 0 Å². The molecule has 120 valence electrons. The van der Waals surface area contributed by atoms with E-state index in [1.165, 1.54) is 44.1 Å². The van der Waals surface area contributed by atoms with E-state index in [1.54, 1.807) is 0 Å². The van der Waals surface area contributed by atoms with Crippen molar-refractivity contribution in [3.8, 4) is 0 Å². The fraction of sp³-hybridized carbons (Fsp3) is 0.632. The maximum Gasteiger partial charge on any atom is 0.152 e. The average Bonchev–Trinajstić information content (AvgIpc) is 2.47. The van der Waals surface area contributed by atoms with Crippen LogP contribution in [0.3, 0.4) is 0 Å². The van der Waals surface area contributed by atoms with Crippen LogP contribution < -0.4 is 22.3 Å². The molecule has 0 unspecified atom stereocenters. The monoisotopic (exact) mass is 362 g/mol. The van der Waals surface area contributed by atoms with Gasteiger partial charge in [-0.15, -0.1) is 0 Å². The molecule has 0 radical (unpaired) electrons. The summed E-state index contributed by atoms with van der Waals surface area (Å²) in [5.41, 5.74) is 1.31. The van der Waals surface area contributed by atoms with E-state index in [2.05, 4.69) is 29.6 Å². The Hall–Kier alpha value is -0.670. The van der Waals surface area contributed by atoms with E-state index >= 15 is 0 Å². The van der Waals surface area contributed by atoms with Crippen LogP contribution in [-0.4, -0.2) is 12.3 Å². The molecular formula is C19H25BrNO-. The largest absolute Gasteiger partial charge is 1.00 e. The summed E-state index contributed by atoms with van der Waals surface area (Å²) < 4.78 is 0. The Morgan fingerprint density at radius 3 is 2.09 bits per heavy atom. The summed E-state index contributed by atoms with van der Waals surface area (Å²) in [4.78, 5) is 12.8. The number of benzene rings is 1. The molecule has 4 aliphatic carbocycles. The van der Waals surface area contributed by atoms with Crippen molar-refractivity contribution in [2.45, 2.75) is 45.1 Å². The first-order chi connectivity index (χ1) is 10.2. The molecule has 2 nitrogen and oxygen atoms in total. The van der Waals surface area contributed by atoms with Crippen molar-refractivity contribution in [2.75, 3.05) is 6.54 Å². The van der Waals surface area contributed by atoms with E-state index in [-0.39, 0.29) is 22.4 Å². The molecule has 0 aromatic heterocycles. The number of rotatable bonds is 5. The number of hydrogen-bond donors (Lipinski definition) is 1. The fourth-order valence-electron chi connectivity index (χ4n) is 5.56. The van der Waals surface area contributed by atoms with Crippen LogP contribution >= 0.6 is 0 Å². The van der Waals surface area contributed by atoms with E-state index < -0.39 is 0 Å². The zero-order chi connectivity index (χ0) is 14.3. The van der Waals surface area contributed by atoms with Gasteiger partial charge in [0.05, 0.1) is 6.54 Å². The molecule has 3 heteroatoms. The smallest absolute Gasteiger partial charge is 0.152 e. The molecule has 0 saturated heterocycles. The highest BCUT2D eigenvalue weighted by molar-refractivity contribution is 5.87. The van der Waals surface area contributed by atoms with Crippen LogP contribution in [0.25, 0.3) is 0 Å². The minimum absolute atomic E-state index is 0. The Labute approximate surface area is 143 Å². The average molecular weight is 363 g/mol. The van der Waals surface area contributed by atoms with Gasteiger partial charge in [0.1, 0.15) is 0 Å². The second kappa shape index (κ2) is 6.45.